The number of rotatable bonds is 4. The van der Waals surface area contributed by atoms with Crippen LogP contribution in [0.2, 0.25) is 0 Å². The van der Waals surface area contributed by atoms with Crippen LogP contribution in [0.4, 0.5) is 0 Å². The van der Waals surface area contributed by atoms with Crippen LogP contribution in [0.5, 0.6) is 5.75 Å². The molecule has 0 aliphatic rings. The highest BCUT2D eigenvalue weighted by molar-refractivity contribution is 9.11. The molecule has 3 nitrogen and oxygen atoms in total. The Hall–Kier alpha value is -0.330. The molecular weight excluding hydrogens is 432 g/mol. The minimum atomic E-state index is -0.354. The van der Waals surface area contributed by atoms with Crippen LogP contribution in [0.15, 0.2) is 37.2 Å². The summed E-state index contributed by atoms with van der Waals surface area (Å²) in [5.41, 5.74) is 0.516. The number of halogens is 3. The zero-order chi connectivity index (χ0) is 13.7. The van der Waals surface area contributed by atoms with Crippen molar-refractivity contribution < 1.29 is 14.3 Å². The van der Waals surface area contributed by atoms with Crippen molar-refractivity contribution in [3.05, 3.63) is 37.2 Å². The maximum absolute atomic E-state index is 11.2. The molecule has 98 valence electrons. The molecule has 1 aromatic carbocycles. The van der Waals surface area contributed by atoms with Crippen molar-refractivity contribution in [2.45, 2.75) is 6.92 Å². The van der Waals surface area contributed by atoms with Gasteiger partial charge in [-0.15, -0.1) is 0 Å². The Bertz CT molecular complexity index is 460. The van der Waals surface area contributed by atoms with Crippen LogP contribution in [-0.4, -0.2) is 19.7 Å². The average molecular weight is 443 g/mol. The number of benzene rings is 1. The van der Waals surface area contributed by atoms with Crippen molar-refractivity contribution in [3.63, 3.8) is 0 Å². The molecule has 0 bridgehead atoms. The van der Waals surface area contributed by atoms with Crippen LogP contribution >= 0.6 is 47.8 Å². The van der Waals surface area contributed by atoms with Gasteiger partial charge in [-0.25, -0.2) is 4.79 Å². The quantitative estimate of drug-likeness (QED) is 0.509. The van der Waals surface area contributed by atoms with Gasteiger partial charge in [0.15, 0.2) is 0 Å². The predicted molar refractivity (Wildman–Crippen MR) is 80.8 cm³/mol. The highest BCUT2D eigenvalue weighted by Gasteiger charge is 2.08. The molecule has 1 rings (SSSR count). The van der Waals surface area contributed by atoms with E-state index in [1.807, 2.05) is 12.1 Å². The van der Waals surface area contributed by atoms with Gasteiger partial charge in [-0.1, -0.05) is 15.9 Å². The largest absolute Gasteiger partial charge is 0.487 e. The summed E-state index contributed by atoms with van der Waals surface area (Å²) >= 11 is 10.2. The fourth-order valence-corrected chi connectivity index (χ4v) is 3.65. The summed E-state index contributed by atoms with van der Waals surface area (Å²) in [6, 6.07) is 3.77. The summed E-state index contributed by atoms with van der Waals surface area (Å²) in [5.74, 6) is 0.333. The van der Waals surface area contributed by atoms with E-state index in [1.165, 1.54) is 7.11 Å². The van der Waals surface area contributed by atoms with Crippen LogP contribution < -0.4 is 4.74 Å². The van der Waals surface area contributed by atoms with E-state index in [0.29, 0.717) is 17.9 Å². The van der Waals surface area contributed by atoms with E-state index in [4.69, 9.17) is 4.74 Å². The van der Waals surface area contributed by atoms with E-state index in [-0.39, 0.29) is 5.97 Å². The summed E-state index contributed by atoms with van der Waals surface area (Å²) in [4.78, 5) is 11.2. The Labute approximate surface area is 131 Å². The van der Waals surface area contributed by atoms with E-state index in [0.717, 1.165) is 13.4 Å². The Kier molecular flexibility index (Phi) is 6.38. The fraction of sp³-hybridized carbons (Fsp3) is 0.250. The van der Waals surface area contributed by atoms with Crippen LogP contribution in [0, 0.1) is 0 Å². The first-order valence-electron chi connectivity index (χ1n) is 4.98. The third-order valence-corrected chi connectivity index (χ3v) is 3.72. The first-order valence-corrected chi connectivity index (χ1v) is 7.36. The first kappa shape index (κ1) is 15.7. The van der Waals surface area contributed by atoms with Crippen molar-refractivity contribution in [1.82, 2.24) is 0 Å². The minimum Gasteiger partial charge on any atom is -0.487 e. The molecule has 0 heterocycles. The van der Waals surface area contributed by atoms with E-state index in [2.05, 4.69) is 52.5 Å². The van der Waals surface area contributed by atoms with Gasteiger partial charge in [-0.3, -0.25) is 0 Å². The van der Waals surface area contributed by atoms with Gasteiger partial charge in [-0.05, 0) is 57.0 Å². The molecule has 0 aliphatic carbocycles. The number of carbonyl (C=O) groups excluding carboxylic acids is 1. The van der Waals surface area contributed by atoms with Crippen molar-refractivity contribution in [2.24, 2.45) is 0 Å². The van der Waals surface area contributed by atoms with Gasteiger partial charge >= 0.3 is 5.97 Å². The monoisotopic (exact) mass is 440 g/mol. The minimum absolute atomic E-state index is 0.291. The fourth-order valence-electron chi connectivity index (χ4n) is 1.16. The molecule has 1 aromatic rings. The van der Waals surface area contributed by atoms with Crippen LogP contribution in [-0.2, 0) is 9.53 Å². The van der Waals surface area contributed by atoms with E-state index < -0.39 is 0 Å². The molecule has 0 amide bonds. The molecule has 0 fully saturated rings. The van der Waals surface area contributed by atoms with Gasteiger partial charge < -0.3 is 9.47 Å². The normalized spacial score (nSPS) is 11.3. The lowest BCUT2D eigenvalue weighted by atomic mass is 10.3. The Morgan fingerprint density at radius 2 is 1.83 bits per heavy atom. The van der Waals surface area contributed by atoms with E-state index in [9.17, 15) is 4.79 Å². The molecule has 0 spiro atoms. The number of carbonyl (C=O) groups is 1. The molecule has 6 heteroatoms. The summed E-state index contributed by atoms with van der Waals surface area (Å²) < 4.78 is 12.8. The van der Waals surface area contributed by atoms with Gasteiger partial charge in [0.2, 0.25) is 0 Å². The van der Waals surface area contributed by atoms with Gasteiger partial charge in [0.1, 0.15) is 12.4 Å². The molecule has 0 atom stereocenters. The molecule has 0 saturated carbocycles. The molecule has 0 radical (unpaired) electrons. The second-order valence-electron chi connectivity index (χ2n) is 3.39. The standard InChI is InChI=1S/C12H11Br3O3/c1-7(12(16)17-2)3-4-18-11-9(14)5-8(13)6-10(11)15/h3,5-6H,4H2,1-2H3. The Balaban J connectivity index is 2.73. The van der Waals surface area contributed by atoms with E-state index in [1.54, 1.807) is 13.0 Å². The average Bonchev–Trinajstić information content (AvgIpc) is 2.31. The van der Waals surface area contributed by atoms with Crippen LogP contribution in [0.1, 0.15) is 6.92 Å². The summed E-state index contributed by atoms with van der Waals surface area (Å²) in [5, 5.41) is 0. The van der Waals surface area contributed by atoms with Crippen molar-refractivity contribution in [3.8, 4) is 5.75 Å². The highest BCUT2D eigenvalue weighted by atomic mass is 79.9. The van der Waals surface area contributed by atoms with Gasteiger partial charge in [-0.2, -0.15) is 0 Å². The van der Waals surface area contributed by atoms with Gasteiger partial charge in [0.05, 0.1) is 16.1 Å². The van der Waals surface area contributed by atoms with Crippen molar-refractivity contribution >= 4 is 53.8 Å². The maximum Gasteiger partial charge on any atom is 0.333 e. The number of esters is 1. The molecule has 0 aromatic heterocycles. The molecule has 0 saturated heterocycles. The molecule has 0 unspecified atom stereocenters. The van der Waals surface area contributed by atoms with Crippen molar-refractivity contribution in [2.75, 3.05) is 13.7 Å². The van der Waals surface area contributed by atoms with Crippen LogP contribution in [0.25, 0.3) is 0 Å². The number of ether oxygens (including phenoxy) is 2. The topological polar surface area (TPSA) is 35.5 Å². The lowest BCUT2D eigenvalue weighted by Crippen LogP contribution is -2.04. The first-order chi connectivity index (χ1) is 8.45. The SMILES string of the molecule is COC(=O)C(C)=CCOc1c(Br)cc(Br)cc1Br. The molecular formula is C12H11Br3O3. The summed E-state index contributed by atoms with van der Waals surface area (Å²) in [6.07, 6.45) is 1.67. The smallest absolute Gasteiger partial charge is 0.333 e. The van der Waals surface area contributed by atoms with E-state index >= 15 is 0 Å². The van der Waals surface area contributed by atoms with Gasteiger partial charge in [0.25, 0.3) is 0 Å². The lowest BCUT2D eigenvalue weighted by molar-refractivity contribution is -0.136. The third-order valence-electron chi connectivity index (χ3n) is 2.09. The predicted octanol–water partition coefficient (Wildman–Crippen LogP) is 4.47. The zero-order valence-corrected chi connectivity index (χ0v) is 14.6. The molecule has 18 heavy (non-hydrogen) atoms. The Morgan fingerprint density at radius 3 is 2.33 bits per heavy atom. The number of hydrogen-bond donors (Lipinski definition) is 0. The molecule has 0 N–H and O–H groups in total. The Morgan fingerprint density at radius 1 is 1.28 bits per heavy atom. The number of methoxy groups -OCH3 is 1. The second-order valence-corrected chi connectivity index (χ2v) is 6.01. The lowest BCUT2D eigenvalue weighted by Gasteiger charge is -2.09. The third kappa shape index (κ3) is 4.40. The van der Waals surface area contributed by atoms with Crippen LogP contribution in [0.3, 0.4) is 0 Å². The number of hydrogen-bond acceptors (Lipinski definition) is 3. The summed E-state index contributed by atoms with van der Waals surface area (Å²) in [7, 11) is 1.35. The highest BCUT2D eigenvalue weighted by Crippen LogP contribution is 2.36. The van der Waals surface area contributed by atoms with Gasteiger partial charge in [0, 0.05) is 10.0 Å². The second kappa shape index (κ2) is 7.31. The van der Waals surface area contributed by atoms with Crippen molar-refractivity contribution in [1.29, 1.82) is 0 Å². The maximum atomic E-state index is 11.2. The zero-order valence-electron chi connectivity index (χ0n) is 9.80. The molecule has 0 aliphatic heterocycles. The summed E-state index contributed by atoms with van der Waals surface area (Å²) in [6.45, 7) is 1.97.